The molecule has 0 fully saturated rings. The Kier molecular flexibility index (Phi) is 5.87. The van der Waals surface area contributed by atoms with E-state index in [0.717, 1.165) is 16.8 Å². The number of halogens is 1. The number of carbonyl (C=O) groups excluding carboxylic acids is 1. The molecule has 0 aliphatic rings. The van der Waals surface area contributed by atoms with E-state index in [4.69, 9.17) is 11.6 Å². The first-order valence-electron chi connectivity index (χ1n) is 8.38. The number of nitrogens with zero attached hydrogens (tertiary/aromatic N) is 1. The molecule has 0 spiro atoms. The Morgan fingerprint density at radius 3 is 2.58 bits per heavy atom. The summed E-state index contributed by atoms with van der Waals surface area (Å²) in [6.07, 6.45) is 3.25. The number of anilines is 1. The number of benzene rings is 2. The molecule has 0 atom stereocenters. The van der Waals surface area contributed by atoms with Gasteiger partial charge in [-0.1, -0.05) is 59.6 Å². The Hall–Kier alpha value is -2.85. The van der Waals surface area contributed by atoms with Crippen LogP contribution in [0, 0.1) is 6.92 Å². The van der Waals surface area contributed by atoms with Gasteiger partial charge in [0.05, 0.1) is 11.3 Å². The fourth-order valence-electron chi connectivity index (χ4n) is 2.49. The van der Waals surface area contributed by atoms with E-state index in [0.29, 0.717) is 23.7 Å². The van der Waals surface area contributed by atoms with Crippen LogP contribution in [0.1, 0.15) is 27.0 Å². The van der Waals surface area contributed by atoms with E-state index in [1.165, 1.54) is 5.56 Å². The first-order valence-corrected chi connectivity index (χ1v) is 8.76. The Labute approximate surface area is 158 Å². The van der Waals surface area contributed by atoms with Gasteiger partial charge in [0.25, 0.3) is 5.91 Å². The summed E-state index contributed by atoms with van der Waals surface area (Å²) >= 11 is 6.16. The maximum Gasteiger partial charge on any atom is 0.253 e. The summed E-state index contributed by atoms with van der Waals surface area (Å²) in [6.45, 7) is 3.08. The molecular weight excluding hydrogens is 346 g/mol. The van der Waals surface area contributed by atoms with Crippen LogP contribution in [0.25, 0.3) is 0 Å². The third-order valence-electron chi connectivity index (χ3n) is 4.01. The van der Waals surface area contributed by atoms with Crippen molar-refractivity contribution >= 4 is 23.2 Å². The maximum absolute atomic E-state index is 12.4. The molecule has 1 aromatic heterocycles. The molecule has 0 radical (unpaired) electrons. The molecule has 0 unspecified atom stereocenters. The lowest BCUT2D eigenvalue weighted by atomic mass is 10.1. The van der Waals surface area contributed by atoms with Crippen molar-refractivity contribution in [1.82, 2.24) is 10.3 Å². The average Bonchev–Trinajstić information content (AvgIpc) is 2.67. The van der Waals surface area contributed by atoms with E-state index < -0.39 is 0 Å². The summed E-state index contributed by atoms with van der Waals surface area (Å²) in [5.74, 6) is -0.153. The molecule has 5 heteroatoms. The van der Waals surface area contributed by atoms with E-state index in [1.807, 2.05) is 55.5 Å². The van der Waals surface area contributed by atoms with Gasteiger partial charge >= 0.3 is 0 Å². The maximum atomic E-state index is 12.4. The predicted octanol–water partition coefficient (Wildman–Crippen LogP) is 4.59. The normalized spacial score (nSPS) is 10.4. The van der Waals surface area contributed by atoms with Crippen LogP contribution < -0.4 is 10.6 Å². The van der Waals surface area contributed by atoms with Gasteiger partial charge in [0.1, 0.15) is 0 Å². The number of hydrogen-bond donors (Lipinski definition) is 2. The molecule has 4 nitrogen and oxygen atoms in total. The lowest BCUT2D eigenvalue weighted by Gasteiger charge is -2.10. The van der Waals surface area contributed by atoms with E-state index in [-0.39, 0.29) is 5.91 Å². The van der Waals surface area contributed by atoms with Crippen LogP contribution in [0.2, 0.25) is 5.02 Å². The van der Waals surface area contributed by atoms with Crippen LogP contribution in [-0.2, 0) is 13.1 Å². The van der Waals surface area contributed by atoms with Gasteiger partial charge in [-0.15, -0.1) is 0 Å². The lowest BCUT2D eigenvalue weighted by molar-refractivity contribution is 0.0950. The largest absolute Gasteiger partial charge is 0.380 e. The molecule has 0 saturated heterocycles. The molecule has 0 aliphatic heterocycles. The third kappa shape index (κ3) is 4.83. The zero-order valence-corrected chi connectivity index (χ0v) is 15.3. The van der Waals surface area contributed by atoms with Gasteiger partial charge in [-0.05, 0) is 30.2 Å². The summed E-state index contributed by atoms with van der Waals surface area (Å²) in [5.41, 5.74) is 4.53. The fourth-order valence-corrected chi connectivity index (χ4v) is 2.69. The number of rotatable bonds is 6. The molecule has 3 aromatic rings. The van der Waals surface area contributed by atoms with E-state index in [1.54, 1.807) is 18.5 Å². The topological polar surface area (TPSA) is 54.0 Å². The van der Waals surface area contributed by atoms with E-state index in [9.17, 15) is 4.79 Å². The van der Waals surface area contributed by atoms with Crippen LogP contribution >= 0.6 is 11.6 Å². The van der Waals surface area contributed by atoms with Crippen LogP contribution in [0.5, 0.6) is 0 Å². The standard InChI is InChI=1S/C21H20ClN3O/c1-15-6-8-16(9-7-15)11-25-21(26)18-10-19(14-23-12-18)24-13-17-4-2-3-5-20(17)22/h2-10,12,14,24H,11,13H2,1H3,(H,25,26). The molecule has 2 N–H and O–H groups in total. The van der Waals surface area contributed by atoms with Crippen molar-refractivity contribution in [2.75, 3.05) is 5.32 Å². The van der Waals surface area contributed by atoms with Crippen molar-refractivity contribution in [3.8, 4) is 0 Å². The van der Waals surface area contributed by atoms with Crippen molar-refractivity contribution in [2.45, 2.75) is 20.0 Å². The Bertz CT molecular complexity index is 894. The van der Waals surface area contributed by atoms with Gasteiger partial charge in [0.2, 0.25) is 0 Å². The molecule has 1 amide bonds. The number of pyridine rings is 1. The highest BCUT2D eigenvalue weighted by atomic mass is 35.5. The highest BCUT2D eigenvalue weighted by Crippen LogP contribution is 2.17. The van der Waals surface area contributed by atoms with E-state index in [2.05, 4.69) is 15.6 Å². The summed E-state index contributed by atoms with van der Waals surface area (Å²) in [5, 5.41) is 6.88. The quantitative estimate of drug-likeness (QED) is 0.672. The minimum absolute atomic E-state index is 0.153. The number of carbonyl (C=O) groups is 1. The van der Waals surface area contributed by atoms with Crippen LogP contribution in [0.4, 0.5) is 5.69 Å². The molecular formula is C21H20ClN3O. The van der Waals surface area contributed by atoms with Gasteiger partial charge in [-0.25, -0.2) is 0 Å². The van der Waals surface area contributed by atoms with Gasteiger partial charge in [0, 0.05) is 30.5 Å². The van der Waals surface area contributed by atoms with Crippen molar-refractivity contribution in [2.24, 2.45) is 0 Å². The first-order chi connectivity index (χ1) is 12.6. The summed E-state index contributed by atoms with van der Waals surface area (Å²) < 4.78 is 0. The zero-order chi connectivity index (χ0) is 18.4. The third-order valence-corrected chi connectivity index (χ3v) is 4.38. The van der Waals surface area contributed by atoms with Crippen molar-refractivity contribution in [3.05, 3.63) is 94.3 Å². The van der Waals surface area contributed by atoms with E-state index >= 15 is 0 Å². The molecule has 3 rings (SSSR count). The summed E-state index contributed by atoms with van der Waals surface area (Å²) in [4.78, 5) is 16.5. The number of aryl methyl sites for hydroxylation is 1. The second-order valence-electron chi connectivity index (χ2n) is 6.08. The number of amides is 1. The first kappa shape index (κ1) is 18.0. The molecule has 1 heterocycles. The summed E-state index contributed by atoms with van der Waals surface area (Å²) in [7, 11) is 0. The molecule has 0 bridgehead atoms. The van der Waals surface area contributed by atoms with Gasteiger partial charge in [-0.2, -0.15) is 0 Å². The zero-order valence-electron chi connectivity index (χ0n) is 14.5. The Morgan fingerprint density at radius 2 is 1.81 bits per heavy atom. The minimum Gasteiger partial charge on any atom is -0.380 e. The molecule has 0 aliphatic carbocycles. The van der Waals surface area contributed by atoms with Crippen molar-refractivity contribution in [1.29, 1.82) is 0 Å². The number of aromatic nitrogens is 1. The Balaban J connectivity index is 1.60. The monoisotopic (exact) mass is 365 g/mol. The molecule has 2 aromatic carbocycles. The second-order valence-corrected chi connectivity index (χ2v) is 6.48. The molecule has 26 heavy (non-hydrogen) atoms. The van der Waals surface area contributed by atoms with Crippen molar-refractivity contribution in [3.63, 3.8) is 0 Å². The minimum atomic E-state index is -0.153. The number of nitrogens with one attached hydrogen (secondary N) is 2. The highest BCUT2D eigenvalue weighted by molar-refractivity contribution is 6.31. The van der Waals surface area contributed by atoms with Crippen molar-refractivity contribution < 1.29 is 4.79 Å². The molecule has 132 valence electrons. The summed E-state index contributed by atoms with van der Waals surface area (Å²) in [6, 6.07) is 17.5. The van der Waals surface area contributed by atoms with Gasteiger partial charge < -0.3 is 10.6 Å². The van der Waals surface area contributed by atoms with Crippen LogP contribution in [-0.4, -0.2) is 10.9 Å². The fraction of sp³-hybridized carbons (Fsp3) is 0.143. The van der Waals surface area contributed by atoms with Crippen LogP contribution in [0.15, 0.2) is 67.0 Å². The second kappa shape index (κ2) is 8.50. The smallest absolute Gasteiger partial charge is 0.253 e. The highest BCUT2D eigenvalue weighted by Gasteiger charge is 2.07. The van der Waals surface area contributed by atoms with Gasteiger partial charge in [0.15, 0.2) is 0 Å². The lowest BCUT2D eigenvalue weighted by Crippen LogP contribution is -2.23. The Morgan fingerprint density at radius 1 is 1.04 bits per heavy atom. The predicted molar refractivity (Wildman–Crippen MR) is 105 cm³/mol. The SMILES string of the molecule is Cc1ccc(CNC(=O)c2cncc(NCc3ccccc3Cl)c2)cc1. The molecule has 0 saturated carbocycles. The van der Waals surface area contributed by atoms with Gasteiger partial charge in [-0.3, -0.25) is 9.78 Å². The van der Waals surface area contributed by atoms with Crippen LogP contribution in [0.3, 0.4) is 0 Å². The number of hydrogen-bond acceptors (Lipinski definition) is 3. The average molecular weight is 366 g/mol.